The zero-order valence-corrected chi connectivity index (χ0v) is 35.6. The molecule has 330 valence electrons. The molecule has 1 aromatic heterocycles. The summed E-state index contributed by atoms with van der Waals surface area (Å²) in [5, 5.41) is 22.8. The minimum atomic E-state index is -5.09. The van der Waals surface area contributed by atoms with Gasteiger partial charge in [-0.1, -0.05) is 82.9 Å². The summed E-state index contributed by atoms with van der Waals surface area (Å²) in [7, 11) is 2.07. The predicted octanol–water partition coefficient (Wildman–Crippen LogP) is 7.59. The summed E-state index contributed by atoms with van der Waals surface area (Å²) in [5.41, 5.74) is 5.26. The van der Waals surface area contributed by atoms with Gasteiger partial charge in [-0.3, -0.25) is 9.69 Å². The van der Waals surface area contributed by atoms with Crippen molar-refractivity contribution in [3.05, 3.63) is 95.6 Å². The molecule has 16 heteroatoms. The third-order valence-electron chi connectivity index (χ3n) is 7.36. The Morgan fingerprint density at radius 3 is 1.87 bits per heavy atom. The first kappa shape index (κ1) is 56.1. The van der Waals surface area contributed by atoms with E-state index in [1.807, 2.05) is 60.0 Å². The fourth-order valence-electron chi connectivity index (χ4n) is 4.94. The van der Waals surface area contributed by atoms with Gasteiger partial charge in [-0.25, -0.2) is 14.6 Å². The Bertz CT molecular complexity index is 1900. The summed E-state index contributed by atoms with van der Waals surface area (Å²) in [6.45, 7) is 15.1. The van der Waals surface area contributed by atoms with Crippen LogP contribution in [0.25, 0.3) is 17.0 Å². The molecule has 0 spiro atoms. The lowest BCUT2D eigenvalue weighted by Crippen LogP contribution is -2.56. The number of halogens is 3. The van der Waals surface area contributed by atoms with Crippen molar-refractivity contribution in [3.8, 4) is 48.8 Å². The van der Waals surface area contributed by atoms with E-state index in [1.165, 1.54) is 11.7 Å². The second-order valence-electron chi connectivity index (χ2n) is 12.6. The summed E-state index contributed by atoms with van der Waals surface area (Å²) in [4.78, 5) is 53.5. The minimum Gasteiger partial charge on any atom is -0.465 e. The molecule has 0 aliphatic rings. The third-order valence-corrected chi connectivity index (χ3v) is 7.36. The Kier molecular flexibility index (Phi) is 29.4. The molecule has 3 aromatic rings. The number of allylic oxidation sites excluding steroid dienone is 1. The Balaban J connectivity index is 0. The van der Waals surface area contributed by atoms with Crippen molar-refractivity contribution < 1.29 is 42.6 Å². The van der Waals surface area contributed by atoms with Crippen molar-refractivity contribution in [2.45, 2.75) is 72.6 Å². The van der Waals surface area contributed by atoms with Gasteiger partial charge in [0.05, 0.1) is 31.5 Å². The van der Waals surface area contributed by atoms with Crippen LogP contribution in [0, 0.1) is 37.5 Å². The molecular formula is C45H58F3N7O6. The predicted molar refractivity (Wildman–Crippen MR) is 235 cm³/mol. The number of imidazole rings is 1. The summed E-state index contributed by atoms with van der Waals surface area (Å²) in [5.74, 6) is 5.84. The normalized spacial score (nSPS) is 10.6. The highest BCUT2D eigenvalue weighted by Crippen LogP contribution is 2.23. The molecule has 0 aliphatic heterocycles. The molecule has 0 saturated carbocycles. The zero-order valence-electron chi connectivity index (χ0n) is 35.6. The number of carbonyl (C=O) groups excluding carboxylic acids is 2. The monoisotopic (exact) mass is 849 g/mol. The molecule has 1 heterocycles. The quantitative estimate of drug-likeness (QED) is 0.0626. The highest BCUT2D eigenvalue weighted by atomic mass is 19.4. The molecule has 0 fully saturated rings. The van der Waals surface area contributed by atoms with Gasteiger partial charge in [0.2, 0.25) is 6.04 Å². The van der Waals surface area contributed by atoms with Crippen LogP contribution < -0.4 is 16.0 Å². The molecule has 3 amide bonds. The molecule has 13 nitrogen and oxygen atoms in total. The van der Waals surface area contributed by atoms with Gasteiger partial charge in [0.15, 0.2) is 0 Å². The first-order chi connectivity index (χ1) is 29.0. The van der Waals surface area contributed by atoms with Crippen LogP contribution in [-0.2, 0) is 16.1 Å². The highest BCUT2D eigenvalue weighted by Gasteiger charge is 2.47. The maximum atomic E-state index is 13.4. The molecule has 1 atom stereocenters. The van der Waals surface area contributed by atoms with E-state index in [-0.39, 0.29) is 25.3 Å². The number of amides is 3. The first-order valence-electron chi connectivity index (χ1n) is 19.0. The molecule has 3 rings (SSSR count). The van der Waals surface area contributed by atoms with Gasteiger partial charge in [-0.15, -0.1) is 25.7 Å². The number of hydrogen-bond donors (Lipinski definition) is 6. The van der Waals surface area contributed by atoms with Crippen molar-refractivity contribution in [2.75, 3.05) is 33.2 Å². The lowest BCUT2D eigenvalue weighted by Gasteiger charge is -2.29. The summed E-state index contributed by atoms with van der Waals surface area (Å²) < 4.78 is 40.3. The van der Waals surface area contributed by atoms with E-state index in [2.05, 4.69) is 92.1 Å². The van der Waals surface area contributed by atoms with Crippen LogP contribution in [0.2, 0.25) is 0 Å². The average molecular weight is 850 g/mol. The lowest BCUT2D eigenvalue weighted by atomic mass is 10.1. The van der Waals surface area contributed by atoms with E-state index in [1.54, 1.807) is 19.9 Å². The molecule has 0 saturated heterocycles. The Morgan fingerprint density at radius 1 is 0.918 bits per heavy atom. The van der Waals surface area contributed by atoms with Crippen LogP contribution in [0.1, 0.15) is 76.4 Å². The van der Waals surface area contributed by atoms with Gasteiger partial charge in [-0.2, -0.15) is 13.2 Å². The standard InChI is InChI=1S/C35H41F3N6O3.C3H5NO3.C3H8.2C2H2/c1-6-19-43(5)23-31-39-21-30(41-31)28-17-13-26(14-18-28)10-9-25-11-15-27(16-12-25)29(8-3)40-24(4)22-44(20-7-2)33(45)32(35(36,37)38)42-34(46)47;5-2-1-4-3(6)7;1-3-2;2*1-2/h8,11-18,21,32,40,42H,4,6-7,19-20,22-23H2,1-3,5H3,(H,39,41)(H,46,47);2,4H,1H2,(H,6,7);3H2,1-2H3;2*1-2H/b29-8-;;;;. The van der Waals surface area contributed by atoms with E-state index in [0.717, 1.165) is 58.2 Å². The van der Waals surface area contributed by atoms with E-state index < -0.39 is 30.3 Å². The molecule has 61 heavy (non-hydrogen) atoms. The minimum absolute atomic E-state index is 0.0181. The number of carboxylic acid groups (broad SMARTS) is 2. The Labute approximate surface area is 357 Å². The lowest BCUT2D eigenvalue weighted by molar-refractivity contribution is -0.174. The summed E-state index contributed by atoms with van der Waals surface area (Å²) in [6.07, 6.45) is 14.6. The second kappa shape index (κ2) is 32.0. The molecule has 6 N–H and O–H groups in total. The second-order valence-corrected chi connectivity index (χ2v) is 12.6. The SMILES string of the molecule is C#C.C#C.C=C(CN(CCC)C(=O)C(NC(=O)O)C(F)(F)F)N/C(=C\C)c1ccc(C#Cc2ccc(-c3cnc(CN(C)CCC)[nH]3)cc2)cc1.CCC.O=CCNC(=O)O. The largest absolute Gasteiger partial charge is 0.465 e. The van der Waals surface area contributed by atoms with Crippen molar-refractivity contribution in [2.24, 2.45) is 0 Å². The molecule has 1 unspecified atom stereocenters. The number of alkyl halides is 3. The van der Waals surface area contributed by atoms with E-state index in [4.69, 9.17) is 10.2 Å². The average Bonchev–Trinajstić information content (AvgIpc) is 3.70. The molecular weight excluding hydrogens is 792 g/mol. The van der Waals surface area contributed by atoms with E-state index >= 15 is 0 Å². The van der Waals surface area contributed by atoms with Gasteiger partial charge < -0.3 is 40.8 Å². The fourth-order valence-corrected chi connectivity index (χ4v) is 4.94. The van der Waals surface area contributed by atoms with Crippen LogP contribution in [0.5, 0.6) is 0 Å². The third kappa shape index (κ3) is 23.3. The van der Waals surface area contributed by atoms with Crippen molar-refractivity contribution in [1.82, 2.24) is 35.7 Å². The number of hydrogen-bond acceptors (Lipinski definition) is 7. The topological polar surface area (TPSA) is 180 Å². The summed E-state index contributed by atoms with van der Waals surface area (Å²) >= 11 is 0. The van der Waals surface area contributed by atoms with Gasteiger partial charge in [0.1, 0.15) is 12.1 Å². The number of aldehydes is 1. The molecule has 0 radical (unpaired) electrons. The number of aromatic amines is 1. The van der Waals surface area contributed by atoms with Crippen LogP contribution in [0.15, 0.2) is 73.1 Å². The maximum absolute atomic E-state index is 13.4. The summed E-state index contributed by atoms with van der Waals surface area (Å²) in [6, 6.07) is 12.4. The smallest absolute Gasteiger partial charge is 0.417 e. The van der Waals surface area contributed by atoms with Crippen molar-refractivity contribution >= 4 is 30.1 Å². The number of terminal acetylenes is 2. The number of nitrogens with one attached hydrogen (secondary N) is 4. The van der Waals surface area contributed by atoms with Crippen LogP contribution in [0.3, 0.4) is 0 Å². The Morgan fingerprint density at radius 2 is 1.44 bits per heavy atom. The highest BCUT2D eigenvalue weighted by molar-refractivity contribution is 5.86. The number of rotatable bonds is 16. The Hall–Kier alpha value is -6.96. The van der Waals surface area contributed by atoms with Crippen molar-refractivity contribution in [3.63, 3.8) is 0 Å². The van der Waals surface area contributed by atoms with Crippen molar-refractivity contribution in [1.29, 1.82) is 0 Å². The molecule has 2 aromatic carbocycles. The van der Waals surface area contributed by atoms with Gasteiger partial charge in [0.25, 0.3) is 5.91 Å². The number of H-pyrrole nitrogens is 1. The van der Waals surface area contributed by atoms with Crippen LogP contribution >= 0.6 is 0 Å². The van der Waals surface area contributed by atoms with E-state index in [9.17, 15) is 32.3 Å². The van der Waals surface area contributed by atoms with Crippen LogP contribution in [0.4, 0.5) is 22.8 Å². The number of carbonyl (C=O) groups is 4. The molecule has 0 bridgehead atoms. The first-order valence-corrected chi connectivity index (χ1v) is 19.0. The van der Waals surface area contributed by atoms with Gasteiger partial charge in [0, 0.05) is 29.1 Å². The fraction of sp³-hybridized carbons (Fsp3) is 0.356. The van der Waals surface area contributed by atoms with Gasteiger partial charge in [-0.05, 0) is 68.8 Å². The van der Waals surface area contributed by atoms with E-state index in [0.29, 0.717) is 18.4 Å². The number of nitrogens with zero attached hydrogens (tertiary/aromatic N) is 3. The number of aromatic nitrogens is 2. The number of benzene rings is 2. The zero-order chi connectivity index (χ0) is 47.0. The maximum Gasteiger partial charge on any atom is 0.417 e. The van der Waals surface area contributed by atoms with Crippen LogP contribution in [-0.4, -0.2) is 99.8 Å². The molecule has 0 aliphatic carbocycles. The van der Waals surface area contributed by atoms with Gasteiger partial charge >= 0.3 is 18.4 Å².